The molecule has 0 aromatic heterocycles. The second kappa shape index (κ2) is 5.90. The summed E-state index contributed by atoms with van der Waals surface area (Å²) in [4.78, 5) is 25.5. The van der Waals surface area contributed by atoms with Crippen LogP contribution in [0, 0.1) is 5.41 Å². The van der Waals surface area contributed by atoms with Crippen LogP contribution in [-0.4, -0.2) is 47.7 Å². The summed E-state index contributed by atoms with van der Waals surface area (Å²) in [5.41, 5.74) is -1.13. The van der Waals surface area contributed by atoms with E-state index < -0.39 is 11.4 Å². The Bertz CT molecular complexity index is 351. The van der Waals surface area contributed by atoms with Gasteiger partial charge in [0, 0.05) is 19.7 Å². The van der Waals surface area contributed by atoms with Gasteiger partial charge in [0.05, 0.1) is 6.10 Å². The number of hydrogen-bond acceptors (Lipinski definition) is 3. The number of rotatable bonds is 5. The minimum atomic E-state index is -1.13. The highest BCUT2D eigenvalue weighted by atomic mass is 16.5. The molecule has 0 bridgehead atoms. The molecule has 1 saturated carbocycles. The number of piperidine rings is 1. The van der Waals surface area contributed by atoms with Gasteiger partial charge in [-0.1, -0.05) is 13.3 Å². The first-order valence-electron chi connectivity index (χ1n) is 7.24. The Kier molecular flexibility index (Phi) is 4.45. The van der Waals surface area contributed by atoms with Gasteiger partial charge in [-0.25, -0.2) is 0 Å². The minimum Gasteiger partial charge on any atom is -0.480 e. The number of ether oxygens (including phenoxy) is 1. The van der Waals surface area contributed by atoms with Crippen molar-refractivity contribution in [1.82, 2.24) is 4.90 Å². The maximum absolute atomic E-state index is 12.5. The summed E-state index contributed by atoms with van der Waals surface area (Å²) in [7, 11) is 0. The first-order valence-corrected chi connectivity index (χ1v) is 7.24. The Hall–Kier alpha value is -1.10. The molecule has 0 aromatic carbocycles. The van der Waals surface area contributed by atoms with Crippen molar-refractivity contribution in [2.45, 2.75) is 51.6 Å². The molecule has 1 unspecified atom stereocenters. The molecule has 1 atom stereocenters. The maximum atomic E-state index is 12.5. The largest absolute Gasteiger partial charge is 0.480 e. The molecule has 0 radical (unpaired) electrons. The standard InChI is InChI=1S/C14H23NO4/c1-2-9-19-11-5-3-8-15(10-11)12(16)14(13(17)18)6-4-7-14/h11H,2-10H2,1H3,(H,17,18). The van der Waals surface area contributed by atoms with Crippen LogP contribution in [0.4, 0.5) is 0 Å². The average molecular weight is 269 g/mol. The predicted octanol–water partition coefficient (Wildman–Crippen LogP) is 1.66. The minimum absolute atomic E-state index is 0.0728. The predicted molar refractivity (Wildman–Crippen MR) is 69.8 cm³/mol. The van der Waals surface area contributed by atoms with Crippen molar-refractivity contribution in [2.24, 2.45) is 5.41 Å². The topological polar surface area (TPSA) is 66.8 Å². The zero-order valence-corrected chi connectivity index (χ0v) is 11.6. The van der Waals surface area contributed by atoms with Gasteiger partial charge in [0.25, 0.3) is 0 Å². The van der Waals surface area contributed by atoms with Crippen LogP contribution in [0.5, 0.6) is 0 Å². The van der Waals surface area contributed by atoms with Gasteiger partial charge in [-0.05, 0) is 32.1 Å². The van der Waals surface area contributed by atoms with Crippen LogP contribution < -0.4 is 0 Å². The monoisotopic (exact) mass is 269 g/mol. The van der Waals surface area contributed by atoms with E-state index in [1.54, 1.807) is 4.90 Å². The van der Waals surface area contributed by atoms with Gasteiger partial charge in [-0.2, -0.15) is 0 Å². The van der Waals surface area contributed by atoms with E-state index in [4.69, 9.17) is 4.74 Å². The number of hydrogen-bond donors (Lipinski definition) is 1. The molecule has 2 rings (SSSR count). The summed E-state index contributed by atoms with van der Waals surface area (Å²) in [5.74, 6) is -1.16. The number of aliphatic carboxylic acids is 1. The highest BCUT2D eigenvalue weighted by molar-refractivity contribution is 6.02. The molecule has 0 aromatic rings. The van der Waals surface area contributed by atoms with E-state index in [0.29, 0.717) is 32.5 Å². The fourth-order valence-electron chi connectivity index (χ4n) is 2.90. The van der Waals surface area contributed by atoms with Gasteiger partial charge in [-0.15, -0.1) is 0 Å². The number of carboxylic acids is 1. The summed E-state index contributed by atoms with van der Waals surface area (Å²) in [6.07, 6.45) is 4.70. The normalized spacial score (nSPS) is 25.7. The SMILES string of the molecule is CCCOC1CCCN(C(=O)C2(C(=O)O)CCC2)C1. The van der Waals surface area contributed by atoms with Crippen molar-refractivity contribution in [3.63, 3.8) is 0 Å². The number of carbonyl (C=O) groups is 2. The van der Waals surface area contributed by atoms with Crippen molar-refractivity contribution >= 4 is 11.9 Å². The fraction of sp³-hybridized carbons (Fsp3) is 0.857. The molecule has 1 N–H and O–H groups in total. The number of likely N-dealkylation sites (tertiary alicyclic amines) is 1. The van der Waals surface area contributed by atoms with Gasteiger partial charge in [0.15, 0.2) is 0 Å². The first kappa shape index (κ1) is 14.3. The van der Waals surface area contributed by atoms with Crippen molar-refractivity contribution < 1.29 is 19.4 Å². The Balaban J connectivity index is 1.97. The third kappa shape index (κ3) is 2.76. The molecule has 5 heteroatoms. The van der Waals surface area contributed by atoms with E-state index in [2.05, 4.69) is 6.92 Å². The van der Waals surface area contributed by atoms with E-state index in [9.17, 15) is 14.7 Å². The number of carbonyl (C=O) groups excluding carboxylic acids is 1. The van der Waals surface area contributed by atoms with E-state index in [1.165, 1.54) is 0 Å². The summed E-state index contributed by atoms with van der Waals surface area (Å²) in [6.45, 7) is 3.98. The lowest BCUT2D eigenvalue weighted by molar-refractivity contribution is -0.169. The van der Waals surface area contributed by atoms with Gasteiger partial charge in [0.1, 0.15) is 5.41 Å². The molecular weight excluding hydrogens is 246 g/mol. The molecule has 1 aliphatic carbocycles. The molecule has 1 aliphatic heterocycles. The van der Waals surface area contributed by atoms with Gasteiger partial charge >= 0.3 is 5.97 Å². The Morgan fingerprint density at radius 2 is 2.11 bits per heavy atom. The zero-order valence-electron chi connectivity index (χ0n) is 11.6. The van der Waals surface area contributed by atoms with Crippen LogP contribution in [0.25, 0.3) is 0 Å². The summed E-state index contributed by atoms with van der Waals surface area (Å²) in [5, 5.41) is 9.31. The van der Waals surface area contributed by atoms with Crippen LogP contribution in [-0.2, 0) is 14.3 Å². The summed E-state index contributed by atoms with van der Waals surface area (Å²) in [6, 6.07) is 0. The lowest BCUT2D eigenvalue weighted by atomic mass is 9.67. The Labute approximate surface area is 113 Å². The highest BCUT2D eigenvalue weighted by Gasteiger charge is 2.53. The molecule has 108 valence electrons. The van der Waals surface area contributed by atoms with Crippen molar-refractivity contribution in [3.05, 3.63) is 0 Å². The molecule has 2 fully saturated rings. The fourth-order valence-corrected chi connectivity index (χ4v) is 2.90. The van der Waals surface area contributed by atoms with Crippen molar-refractivity contribution in [2.75, 3.05) is 19.7 Å². The van der Waals surface area contributed by atoms with Crippen molar-refractivity contribution in [3.8, 4) is 0 Å². The molecule has 1 heterocycles. The van der Waals surface area contributed by atoms with Gasteiger partial charge < -0.3 is 14.7 Å². The molecule has 0 spiro atoms. The lowest BCUT2D eigenvalue weighted by Gasteiger charge is -2.42. The Morgan fingerprint density at radius 1 is 1.37 bits per heavy atom. The smallest absolute Gasteiger partial charge is 0.319 e. The number of carboxylic acid groups (broad SMARTS) is 1. The van der Waals surface area contributed by atoms with Crippen LogP contribution >= 0.6 is 0 Å². The summed E-state index contributed by atoms with van der Waals surface area (Å²) >= 11 is 0. The molecule has 2 aliphatic rings. The number of nitrogens with zero attached hydrogens (tertiary/aromatic N) is 1. The molecule has 5 nitrogen and oxygen atoms in total. The lowest BCUT2D eigenvalue weighted by Crippen LogP contribution is -2.55. The second-order valence-electron chi connectivity index (χ2n) is 5.63. The molecule has 1 amide bonds. The average Bonchev–Trinajstić information content (AvgIpc) is 2.34. The van der Waals surface area contributed by atoms with E-state index >= 15 is 0 Å². The van der Waals surface area contributed by atoms with E-state index in [1.807, 2.05) is 0 Å². The maximum Gasteiger partial charge on any atom is 0.319 e. The summed E-state index contributed by atoms with van der Waals surface area (Å²) < 4.78 is 5.70. The zero-order chi connectivity index (χ0) is 13.9. The van der Waals surface area contributed by atoms with Crippen LogP contribution in [0.15, 0.2) is 0 Å². The third-order valence-corrected chi connectivity index (χ3v) is 4.25. The van der Waals surface area contributed by atoms with Crippen LogP contribution in [0.3, 0.4) is 0 Å². The van der Waals surface area contributed by atoms with Crippen LogP contribution in [0.1, 0.15) is 45.4 Å². The molecule has 1 saturated heterocycles. The second-order valence-corrected chi connectivity index (χ2v) is 5.63. The molecular formula is C14H23NO4. The van der Waals surface area contributed by atoms with Gasteiger partial charge in [-0.3, -0.25) is 9.59 Å². The van der Waals surface area contributed by atoms with E-state index in [-0.39, 0.29) is 12.0 Å². The van der Waals surface area contributed by atoms with E-state index in [0.717, 1.165) is 25.7 Å². The third-order valence-electron chi connectivity index (χ3n) is 4.25. The molecule has 19 heavy (non-hydrogen) atoms. The van der Waals surface area contributed by atoms with Crippen LogP contribution in [0.2, 0.25) is 0 Å². The number of amides is 1. The first-order chi connectivity index (χ1) is 9.10. The Morgan fingerprint density at radius 3 is 2.63 bits per heavy atom. The highest BCUT2D eigenvalue weighted by Crippen LogP contribution is 2.43. The van der Waals surface area contributed by atoms with Crippen molar-refractivity contribution in [1.29, 1.82) is 0 Å². The van der Waals surface area contributed by atoms with Gasteiger partial charge in [0.2, 0.25) is 5.91 Å². The quantitative estimate of drug-likeness (QED) is 0.771.